The van der Waals surface area contributed by atoms with Crippen LogP contribution in [0.25, 0.3) is 0 Å². The fourth-order valence-electron chi connectivity index (χ4n) is 2.30. The van der Waals surface area contributed by atoms with Crippen molar-refractivity contribution >= 4 is 11.9 Å². The van der Waals surface area contributed by atoms with Crippen LogP contribution in [0.1, 0.15) is 97.3 Å². The lowest BCUT2D eigenvalue weighted by Crippen LogP contribution is -2.24. The average Bonchev–Trinajstić information content (AvgIpc) is 2.53. The Hall–Kier alpha value is -1.06. The van der Waals surface area contributed by atoms with E-state index in [0.717, 1.165) is 38.5 Å². The Kier molecular flexibility index (Phi) is 15.1. The van der Waals surface area contributed by atoms with E-state index in [0.29, 0.717) is 12.8 Å². The molecule has 0 bridgehead atoms. The van der Waals surface area contributed by atoms with Crippen molar-refractivity contribution in [2.24, 2.45) is 0 Å². The molecule has 135 valence electrons. The molecule has 0 rings (SSSR count). The number of rotatable bonds is 15. The van der Waals surface area contributed by atoms with Crippen molar-refractivity contribution in [3.63, 3.8) is 0 Å². The summed E-state index contributed by atoms with van der Waals surface area (Å²) in [6, 6.07) is 0. The van der Waals surface area contributed by atoms with Gasteiger partial charge in [0.1, 0.15) is 0 Å². The van der Waals surface area contributed by atoms with E-state index in [-0.39, 0.29) is 18.4 Å². The molecule has 0 atom stereocenters. The van der Waals surface area contributed by atoms with Crippen molar-refractivity contribution < 1.29 is 19.1 Å². The number of ether oxygens (including phenoxy) is 2. The van der Waals surface area contributed by atoms with Gasteiger partial charge in [0, 0.05) is 19.3 Å². The van der Waals surface area contributed by atoms with Gasteiger partial charge in [-0.2, -0.15) is 0 Å². The second-order valence-corrected chi connectivity index (χ2v) is 6.03. The molecule has 0 unspecified atom stereocenters. The molecule has 0 spiro atoms. The molecule has 0 aromatic carbocycles. The van der Waals surface area contributed by atoms with Crippen molar-refractivity contribution in [1.82, 2.24) is 0 Å². The summed E-state index contributed by atoms with van der Waals surface area (Å²) in [6.45, 7) is 8.00. The third-order valence-corrected chi connectivity index (χ3v) is 3.73. The molecule has 0 aliphatic rings. The normalized spacial score (nSPS) is 10.8. The summed E-state index contributed by atoms with van der Waals surface area (Å²) in [5.41, 5.74) is 0. The van der Waals surface area contributed by atoms with Crippen molar-refractivity contribution in [1.29, 1.82) is 0 Å². The van der Waals surface area contributed by atoms with Crippen molar-refractivity contribution in [3.05, 3.63) is 6.92 Å². The van der Waals surface area contributed by atoms with Gasteiger partial charge in [-0.1, -0.05) is 65.2 Å². The highest BCUT2D eigenvalue weighted by molar-refractivity contribution is 5.71. The lowest BCUT2D eigenvalue weighted by molar-refractivity contribution is -0.187. The molecule has 0 saturated carbocycles. The SMILES string of the molecule is [CH2]CC(OC(=O)CCCCCCC)OC(=O)CCCCCCC. The fraction of sp³-hybridized carbons (Fsp3) is 0.842. The number of esters is 2. The van der Waals surface area contributed by atoms with Gasteiger partial charge in [-0.25, -0.2) is 0 Å². The Morgan fingerprint density at radius 2 is 1.13 bits per heavy atom. The predicted octanol–water partition coefficient (Wildman–Crippen LogP) is 5.34. The lowest BCUT2D eigenvalue weighted by atomic mass is 10.1. The summed E-state index contributed by atoms with van der Waals surface area (Å²) in [7, 11) is 0. The second kappa shape index (κ2) is 15.8. The van der Waals surface area contributed by atoms with Gasteiger partial charge in [-0.3, -0.25) is 9.59 Å². The quantitative estimate of drug-likeness (QED) is 0.231. The minimum absolute atomic E-state index is 0.253. The van der Waals surface area contributed by atoms with Gasteiger partial charge in [-0.05, 0) is 19.8 Å². The first-order valence-corrected chi connectivity index (χ1v) is 9.32. The van der Waals surface area contributed by atoms with E-state index in [1.54, 1.807) is 0 Å². The fourth-order valence-corrected chi connectivity index (χ4v) is 2.30. The van der Waals surface area contributed by atoms with E-state index in [4.69, 9.17) is 9.47 Å². The summed E-state index contributed by atoms with van der Waals surface area (Å²) < 4.78 is 10.4. The van der Waals surface area contributed by atoms with E-state index in [1.807, 2.05) is 0 Å². The number of hydrogen-bond acceptors (Lipinski definition) is 4. The van der Waals surface area contributed by atoms with Crippen LogP contribution in [-0.2, 0) is 19.1 Å². The maximum atomic E-state index is 11.7. The van der Waals surface area contributed by atoms with E-state index >= 15 is 0 Å². The Morgan fingerprint density at radius 3 is 1.48 bits per heavy atom. The van der Waals surface area contributed by atoms with Gasteiger partial charge in [0.05, 0.1) is 0 Å². The van der Waals surface area contributed by atoms with Gasteiger partial charge in [0.15, 0.2) is 0 Å². The molecule has 0 saturated heterocycles. The topological polar surface area (TPSA) is 52.6 Å². The van der Waals surface area contributed by atoms with E-state index < -0.39 is 6.29 Å². The largest absolute Gasteiger partial charge is 0.425 e. The highest BCUT2D eigenvalue weighted by Crippen LogP contribution is 2.11. The third-order valence-electron chi connectivity index (χ3n) is 3.73. The molecule has 0 heterocycles. The van der Waals surface area contributed by atoms with Crippen LogP contribution in [-0.4, -0.2) is 18.2 Å². The monoisotopic (exact) mass is 327 g/mol. The highest BCUT2D eigenvalue weighted by Gasteiger charge is 2.16. The average molecular weight is 327 g/mol. The molecule has 0 aliphatic heterocycles. The third kappa shape index (κ3) is 14.3. The molecule has 0 amide bonds. The summed E-state index contributed by atoms with van der Waals surface area (Å²) in [4.78, 5) is 23.4. The highest BCUT2D eigenvalue weighted by atomic mass is 16.7. The van der Waals surface area contributed by atoms with Crippen LogP contribution in [0.15, 0.2) is 0 Å². The molecular formula is C19H35O4. The zero-order valence-corrected chi connectivity index (χ0v) is 15.1. The Labute approximate surface area is 142 Å². The molecular weight excluding hydrogens is 292 g/mol. The number of carbonyl (C=O) groups excluding carboxylic acids is 2. The summed E-state index contributed by atoms with van der Waals surface area (Å²) in [6.07, 6.45) is 11.0. The minimum atomic E-state index is -0.832. The molecule has 1 radical (unpaired) electrons. The van der Waals surface area contributed by atoms with Gasteiger partial charge in [0.2, 0.25) is 6.29 Å². The molecule has 4 heteroatoms. The predicted molar refractivity (Wildman–Crippen MR) is 92.7 cm³/mol. The molecule has 23 heavy (non-hydrogen) atoms. The summed E-state index contributed by atoms with van der Waals surface area (Å²) in [5, 5.41) is 0. The Morgan fingerprint density at radius 1 is 0.739 bits per heavy atom. The number of unbranched alkanes of at least 4 members (excludes halogenated alkanes) is 8. The smallest absolute Gasteiger partial charge is 0.308 e. The molecule has 0 N–H and O–H groups in total. The first-order chi connectivity index (χ1) is 11.1. The zero-order chi connectivity index (χ0) is 17.3. The van der Waals surface area contributed by atoms with Crippen molar-refractivity contribution in [3.8, 4) is 0 Å². The molecule has 0 aromatic heterocycles. The molecule has 0 aliphatic carbocycles. The second-order valence-electron chi connectivity index (χ2n) is 6.03. The van der Waals surface area contributed by atoms with Crippen LogP contribution in [0.5, 0.6) is 0 Å². The van der Waals surface area contributed by atoms with E-state index in [1.165, 1.54) is 25.7 Å². The molecule has 0 aromatic rings. The standard InChI is InChI=1S/C19H35O4/c1-4-7-9-11-13-15-17(20)22-19(6-3)23-18(21)16-14-12-10-8-5-2/h19H,3-16H2,1-2H3. The Bertz CT molecular complexity index is 274. The van der Waals surface area contributed by atoms with E-state index in [9.17, 15) is 9.59 Å². The van der Waals surface area contributed by atoms with Crippen LogP contribution in [0, 0.1) is 6.92 Å². The van der Waals surface area contributed by atoms with Crippen LogP contribution < -0.4 is 0 Å². The maximum Gasteiger partial charge on any atom is 0.308 e. The molecule has 0 fully saturated rings. The first kappa shape index (κ1) is 21.9. The Balaban J connectivity index is 3.77. The first-order valence-electron chi connectivity index (χ1n) is 9.32. The van der Waals surface area contributed by atoms with Crippen molar-refractivity contribution in [2.75, 3.05) is 0 Å². The van der Waals surface area contributed by atoms with Gasteiger partial charge >= 0.3 is 11.9 Å². The number of hydrogen-bond donors (Lipinski definition) is 0. The van der Waals surface area contributed by atoms with Gasteiger partial charge < -0.3 is 9.47 Å². The van der Waals surface area contributed by atoms with Crippen LogP contribution in [0.2, 0.25) is 0 Å². The number of carbonyl (C=O) groups is 2. The summed E-state index contributed by atoms with van der Waals surface area (Å²) >= 11 is 0. The summed E-state index contributed by atoms with van der Waals surface area (Å²) in [5.74, 6) is -0.600. The van der Waals surface area contributed by atoms with Crippen molar-refractivity contribution in [2.45, 2.75) is 104 Å². The van der Waals surface area contributed by atoms with Crippen LogP contribution in [0.4, 0.5) is 0 Å². The van der Waals surface area contributed by atoms with Gasteiger partial charge in [0.25, 0.3) is 0 Å². The molecule has 4 nitrogen and oxygen atoms in total. The lowest BCUT2D eigenvalue weighted by Gasteiger charge is -2.16. The van der Waals surface area contributed by atoms with Crippen LogP contribution in [0.3, 0.4) is 0 Å². The maximum absolute atomic E-state index is 11.7. The minimum Gasteiger partial charge on any atom is -0.425 e. The van der Waals surface area contributed by atoms with Gasteiger partial charge in [-0.15, -0.1) is 0 Å². The van der Waals surface area contributed by atoms with Crippen LogP contribution >= 0.6 is 0 Å². The van der Waals surface area contributed by atoms with E-state index in [2.05, 4.69) is 20.8 Å². The zero-order valence-electron chi connectivity index (χ0n) is 15.1.